The molecule has 1 fully saturated rings. The second-order valence-electron chi connectivity index (χ2n) is 9.80. The van der Waals surface area contributed by atoms with Crippen molar-refractivity contribution in [3.63, 3.8) is 0 Å². The molecule has 0 saturated carbocycles. The molecule has 0 spiro atoms. The van der Waals surface area contributed by atoms with Gasteiger partial charge in [0.15, 0.2) is 0 Å². The van der Waals surface area contributed by atoms with Crippen molar-refractivity contribution in [2.75, 3.05) is 36.4 Å². The first-order valence-corrected chi connectivity index (χ1v) is 14.6. The van der Waals surface area contributed by atoms with Crippen molar-refractivity contribution in [1.82, 2.24) is 4.90 Å². The van der Waals surface area contributed by atoms with Gasteiger partial charge in [0.25, 0.3) is 15.9 Å². The van der Waals surface area contributed by atoms with Gasteiger partial charge < -0.3 is 15.0 Å². The maximum Gasteiger partial charge on any atom is 0.264 e. The summed E-state index contributed by atoms with van der Waals surface area (Å²) in [6.07, 6.45) is 4.08. The minimum Gasteiger partial charge on any atom is -0.495 e. The van der Waals surface area contributed by atoms with Crippen LogP contribution < -0.4 is 14.4 Å². The number of sulfonamides is 1. The molecule has 39 heavy (non-hydrogen) atoms. The van der Waals surface area contributed by atoms with Crippen LogP contribution in [0.1, 0.15) is 47.2 Å². The van der Waals surface area contributed by atoms with E-state index in [9.17, 15) is 18.0 Å². The van der Waals surface area contributed by atoms with E-state index in [4.69, 9.17) is 4.74 Å². The summed E-state index contributed by atoms with van der Waals surface area (Å²) in [6.45, 7) is 4.55. The highest BCUT2D eigenvalue weighted by Crippen LogP contribution is 2.33. The molecule has 8 nitrogen and oxygen atoms in total. The predicted octanol–water partition coefficient (Wildman–Crippen LogP) is 5.16. The normalized spacial score (nSPS) is 13.9. The first-order valence-electron chi connectivity index (χ1n) is 13.1. The molecular formula is C30H35N3O5S. The number of aryl methyl sites for hydroxylation is 2. The standard InChI is InChI=1S/C30H35N3O5S/c1-22-12-15-24(16-13-22)39(36,37)33(27-20-23(2)14-17-28(27)38-3)21-29(34)31-26-11-7-6-10-25(26)30(35)32-18-8-4-5-9-19-32/h6-7,10-17,20H,4-5,8-9,18-19,21H2,1-3H3,(H,31,34). The van der Waals surface area contributed by atoms with Gasteiger partial charge in [-0.15, -0.1) is 0 Å². The van der Waals surface area contributed by atoms with Gasteiger partial charge in [0.05, 0.1) is 28.9 Å². The third kappa shape index (κ3) is 6.60. The van der Waals surface area contributed by atoms with Crippen molar-refractivity contribution in [3.8, 4) is 5.75 Å². The van der Waals surface area contributed by atoms with Gasteiger partial charge in [-0.1, -0.05) is 48.7 Å². The molecule has 3 aromatic carbocycles. The number of para-hydroxylation sites is 1. The summed E-state index contributed by atoms with van der Waals surface area (Å²) in [7, 11) is -2.68. The Labute approximate surface area is 230 Å². The largest absolute Gasteiger partial charge is 0.495 e. The van der Waals surface area contributed by atoms with E-state index in [1.54, 1.807) is 48.5 Å². The number of hydrogen-bond acceptors (Lipinski definition) is 5. The number of hydrogen-bond donors (Lipinski definition) is 1. The lowest BCUT2D eigenvalue weighted by atomic mass is 10.1. The Kier molecular flexibility index (Phi) is 8.91. The van der Waals surface area contributed by atoms with Crippen LogP contribution in [0.15, 0.2) is 71.6 Å². The van der Waals surface area contributed by atoms with Crippen molar-refractivity contribution < 1.29 is 22.7 Å². The first kappa shape index (κ1) is 28.2. The number of nitrogens with one attached hydrogen (secondary N) is 1. The molecule has 3 aromatic rings. The van der Waals surface area contributed by atoms with Crippen molar-refractivity contribution >= 4 is 33.2 Å². The van der Waals surface area contributed by atoms with Crippen molar-refractivity contribution in [3.05, 3.63) is 83.4 Å². The summed E-state index contributed by atoms with van der Waals surface area (Å²) in [5.74, 6) is -0.400. The number of carbonyl (C=O) groups is 2. The quantitative estimate of drug-likeness (QED) is 0.419. The van der Waals surface area contributed by atoms with E-state index in [2.05, 4.69) is 5.32 Å². The Hall–Kier alpha value is -3.85. The maximum absolute atomic E-state index is 13.9. The summed E-state index contributed by atoms with van der Waals surface area (Å²) >= 11 is 0. The second kappa shape index (κ2) is 12.3. The molecule has 2 amide bonds. The average molecular weight is 550 g/mol. The van der Waals surface area contributed by atoms with Gasteiger partial charge in [0.1, 0.15) is 12.3 Å². The summed E-state index contributed by atoms with van der Waals surface area (Å²) in [4.78, 5) is 28.7. The molecule has 1 N–H and O–H groups in total. The smallest absolute Gasteiger partial charge is 0.264 e. The van der Waals surface area contributed by atoms with E-state index >= 15 is 0 Å². The van der Waals surface area contributed by atoms with E-state index in [1.807, 2.05) is 24.8 Å². The Morgan fingerprint density at radius 1 is 0.897 bits per heavy atom. The van der Waals surface area contributed by atoms with E-state index in [0.29, 0.717) is 30.1 Å². The van der Waals surface area contributed by atoms with E-state index in [0.717, 1.165) is 41.1 Å². The monoisotopic (exact) mass is 549 g/mol. The molecule has 0 aliphatic carbocycles. The van der Waals surface area contributed by atoms with Crippen LogP contribution in [0, 0.1) is 13.8 Å². The van der Waals surface area contributed by atoms with Crippen LogP contribution in [0.25, 0.3) is 0 Å². The van der Waals surface area contributed by atoms with E-state index in [-0.39, 0.29) is 16.5 Å². The second-order valence-corrected chi connectivity index (χ2v) is 11.7. The molecule has 0 radical (unpaired) electrons. The van der Waals surface area contributed by atoms with Crippen LogP contribution in [0.4, 0.5) is 11.4 Å². The van der Waals surface area contributed by atoms with Crippen LogP contribution in [0.3, 0.4) is 0 Å². The van der Waals surface area contributed by atoms with Gasteiger partial charge in [0, 0.05) is 13.1 Å². The summed E-state index contributed by atoms with van der Waals surface area (Å²) in [5, 5.41) is 2.80. The molecule has 0 atom stereocenters. The molecule has 0 aromatic heterocycles. The van der Waals surface area contributed by atoms with Crippen LogP contribution in [-0.4, -0.2) is 51.9 Å². The Morgan fingerprint density at radius 2 is 1.54 bits per heavy atom. The number of anilines is 2. The molecule has 4 rings (SSSR count). The summed E-state index contributed by atoms with van der Waals surface area (Å²) in [6, 6.07) is 18.5. The highest BCUT2D eigenvalue weighted by atomic mass is 32.2. The molecule has 0 unspecified atom stereocenters. The third-order valence-corrected chi connectivity index (χ3v) is 8.60. The van der Waals surface area contributed by atoms with Crippen LogP contribution in [-0.2, 0) is 14.8 Å². The fourth-order valence-corrected chi connectivity index (χ4v) is 6.10. The van der Waals surface area contributed by atoms with Gasteiger partial charge >= 0.3 is 0 Å². The number of nitrogens with zero attached hydrogens (tertiary/aromatic N) is 2. The Morgan fingerprint density at radius 3 is 2.21 bits per heavy atom. The lowest BCUT2D eigenvalue weighted by molar-refractivity contribution is -0.114. The molecular weight excluding hydrogens is 514 g/mol. The zero-order valence-electron chi connectivity index (χ0n) is 22.6. The molecule has 0 bridgehead atoms. The lowest BCUT2D eigenvalue weighted by Crippen LogP contribution is -2.39. The van der Waals surface area contributed by atoms with Crippen molar-refractivity contribution in [2.45, 2.75) is 44.4 Å². The van der Waals surface area contributed by atoms with Crippen molar-refractivity contribution in [1.29, 1.82) is 0 Å². The number of amides is 2. The molecule has 1 saturated heterocycles. The van der Waals surface area contributed by atoms with Crippen LogP contribution >= 0.6 is 0 Å². The highest BCUT2D eigenvalue weighted by Gasteiger charge is 2.30. The minimum atomic E-state index is -4.14. The average Bonchev–Trinajstić information content (AvgIpc) is 3.21. The van der Waals surface area contributed by atoms with Gasteiger partial charge in [-0.05, 0) is 68.7 Å². The summed E-state index contributed by atoms with van der Waals surface area (Å²) < 4.78 is 34.2. The number of carbonyl (C=O) groups excluding carboxylic acids is 2. The van der Waals surface area contributed by atoms with Gasteiger partial charge in [-0.3, -0.25) is 13.9 Å². The lowest BCUT2D eigenvalue weighted by Gasteiger charge is -2.26. The van der Waals surface area contributed by atoms with Crippen molar-refractivity contribution in [2.24, 2.45) is 0 Å². The van der Waals surface area contributed by atoms with Gasteiger partial charge in [0.2, 0.25) is 5.91 Å². The Balaban J connectivity index is 1.66. The minimum absolute atomic E-state index is 0.0567. The SMILES string of the molecule is COc1ccc(C)cc1N(CC(=O)Nc1ccccc1C(=O)N1CCCCCC1)S(=O)(=O)c1ccc(C)cc1. The zero-order chi connectivity index (χ0) is 28.0. The fraction of sp³-hybridized carbons (Fsp3) is 0.333. The zero-order valence-corrected chi connectivity index (χ0v) is 23.5. The third-order valence-electron chi connectivity index (χ3n) is 6.82. The predicted molar refractivity (Wildman–Crippen MR) is 153 cm³/mol. The molecule has 1 heterocycles. The number of rotatable bonds is 8. The maximum atomic E-state index is 13.9. The van der Waals surface area contributed by atoms with Crippen LogP contribution in [0.2, 0.25) is 0 Å². The number of methoxy groups -OCH3 is 1. The number of ether oxygens (including phenoxy) is 1. The molecule has 9 heteroatoms. The molecule has 1 aliphatic heterocycles. The Bertz CT molecular complexity index is 1430. The van der Waals surface area contributed by atoms with Crippen LogP contribution in [0.5, 0.6) is 5.75 Å². The number of likely N-dealkylation sites (tertiary alicyclic amines) is 1. The highest BCUT2D eigenvalue weighted by molar-refractivity contribution is 7.92. The number of benzene rings is 3. The van der Waals surface area contributed by atoms with Gasteiger partial charge in [-0.2, -0.15) is 0 Å². The van der Waals surface area contributed by atoms with E-state index < -0.39 is 22.5 Å². The van der Waals surface area contributed by atoms with Gasteiger partial charge in [-0.25, -0.2) is 8.42 Å². The molecule has 1 aliphatic rings. The fourth-order valence-electron chi connectivity index (χ4n) is 4.67. The first-order chi connectivity index (χ1) is 18.7. The van der Waals surface area contributed by atoms with E-state index in [1.165, 1.54) is 19.2 Å². The summed E-state index contributed by atoms with van der Waals surface area (Å²) in [5.41, 5.74) is 2.71. The molecule has 206 valence electrons. The topological polar surface area (TPSA) is 96.0 Å².